The standard InChI is InChI=1S/C12H18ClNO.ClH/c1-7(2)12(15)11(14)10-8(3)5-4-6-9(10)13;/h4-7,11-12,15H,14H2,1-3H3;1H/t11-,12+;/m1./s1. The fourth-order valence-corrected chi connectivity index (χ4v) is 2.00. The van der Waals surface area contributed by atoms with E-state index < -0.39 is 12.1 Å². The first-order valence-electron chi connectivity index (χ1n) is 5.13. The van der Waals surface area contributed by atoms with E-state index in [9.17, 15) is 5.11 Å². The van der Waals surface area contributed by atoms with Gasteiger partial charge in [-0.1, -0.05) is 37.6 Å². The van der Waals surface area contributed by atoms with Gasteiger partial charge in [-0.2, -0.15) is 0 Å². The van der Waals surface area contributed by atoms with Crippen LogP contribution in [0.3, 0.4) is 0 Å². The van der Waals surface area contributed by atoms with Gasteiger partial charge in [-0.05, 0) is 30.0 Å². The zero-order chi connectivity index (χ0) is 11.6. The topological polar surface area (TPSA) is 46.2 Å². The number of hydrogen-bond donors (Lipinski definition) is 2. The molecule has 0 spiro atoms. The lowest BCUT2D eigenvalue weighted by atomic mass is 9.92. The van der Waals surface area contributed by atoms with E-state index in [-0.39, 0.29) is 18.3 Å². The smallest absolute Gasteiger partial charge is 0.0756 e. The van der Waals surface area contributed by atoms with Crippen LogP contribution in [0.25, 0.3) is 0 Å². The molecule has 0 bridgehead atoms. The van der Waals surface area contributed by atoms with Gasteiger partial charge in [0, 0.05) is 5.02 Å². The van der Waals surface area contributed by atoms with Crippen LogP contribution in [0.15, 0.2) is 18.2 Å². The molecule has 0 aliphatic carbocycles. The normalized spacial score (nSPS) is 14.4. The second-order valence-corrected chi connectivity index (χ2v) is 4.64. The summed E-state index contributed by atoms with van der Waals surface area (Å²) in [7, 11) is 0. The number of aliphatic hydroxyl groups is 1. The van der Waals surface area contributed by atoms with Gasteiger partial charge in [0.1, 0.15) is 0 Å². The van der Waals surface area contributed by atoms with Crippen molar-refractivity contribution < 1.29 is 5.11 Å². The summed E-state index contributed by atoms with van der Waals surface area (Å²) in [5, 5.41) is 10.5. The van der Waals surface area contributed by atoms with Crippen molar-refractivity contribution in [1.82, 2.24) is 0 Å². The van der Waals surface area contributed by atoms with Crippen LogP contribution in [-0.4, -0.2) is 11.2 Å². The minimum atomic E-state index is -0.566. The average Bonchev–Trinajstić information content (AvgIpc) is 2.15. The summed E-state index contributed by atoms with van der Waals surface area (Å²) in [6, 6.07) is 5.22. The maximum Gasteiger partial charge on any atom is 0.0756 e. The van der Waals surface area contributed by atoms with Gasteiger partial charge in [-0.15, -0.1) is 12.4 Å². The van der Waals surface area contributed by atoms with E-state index in [4.69, 9.17) is 17.3 Å². The largest absolute Gasteiger partial charge is 0.391 e. The summed E-state index contributed by atoms with van der Waals surface area (Å²) in [4.78, 5) is 0. The Morgan fingerprint density at radius 1 is 1.31 bits per heavy atom. The van der Waals surface area contributed by atoms with Crippen molar-refractivity contribution in [2.24, 2.45) is 11.7 Å². The summed E-state index contributed by atoms with van der Waals surface area (Å²) >= 11 is 6.08. The van der Waals surface area contributed by atoms with E-state index in [0.29, 0.717) is 5.02 Å². The number of benzene rings is 1. The maximum atomic E-state index is 9.91. The van der Waals surface area contributed by atoms with E-state index in [1.165, 1.54) is 0 Å². The second kappa shape index (κ2) is 6.45. The van der Waals surface area contributed by atoms with Crippen molar-refractivity contribution in [3.63, 3.8) is 0 Å². The lowest BCUT2D eigenvalue weighted by Crippen LogP contribution is -2.31. The molecule has 1 aromatic carbocycles. The SMILES string of the molecule is Cc1cccc(Cl)c1[C@@H](N)[C@@H](O)C(C)C.Cl. The van der Waals surface area contributed by atoms with Crippen LogP contribution in [0.4, 0.5) is 0 Å². The van der Waals surface area contributed by atoms with Crippen LogP contribution < -0.4 is 5.73 Å². The summed E-state index contributed by atoms with van der Waals surface area (Å²) in [5.74, 6) is 0.121. The summed E-state index contributed by atoms with van der Waals surface area (Å²) < 4.78 is 0. The van der Waals surface area contributed by atoms with Crippen molar-refractivity contribution in [3.05, 3.63) is 34.3 Å². The Kier molecular flexibility index (Phi) is 6.34. The van der Waals surface area contributed by atoms with Gasteiger partial charge >= 0.3 is 0 Å². The molecule has 16 heavy (non-hydrogen) atoms. The molecule has 0 aliphatic heterocycles. The third-order valence-electron chi connectivity index (χ3n) is 2.66. The summed E-state index contributed by atoms with van der Waals surface area (Å²) in [6.45, 7) is 5.83. The summed E-state index contributed by atoms with van der Waals surface area (Å²) in [5.41, 5.74) is 7.88. The number of hydrogen-bond acceptors (Lipinski definition) is 2. The molecule has 2 nitrogen and oxygen atoms in total. The van der Waals surface area contributed by atoms with Crippen LogP contribution in [0, 0.1) is 12.8 Å². The molecule has 0 aromatic heterocycles. The third-order valence-corrected chi connectivity index (χ3v) is 2.98. The van der Waals surface area contributed by atoms with Gasteiger partial charge < -0.3 is 10.8 Å². The molecule has 0 amide bonds. The molecule has 2 atom stereocenters. The quantitative estimate of drug-likeness (QED) is 0.881. The molecule has 0 unspecified atom stereocenters. The monoisotopic (exact) mass is 263 g/mol. The molecule has 1 rings (SSSR count). The van der Waals surface area contributed by atoms with E-state index in [0.717, 1.165) is 11.1 Å². The van der Waals surface area contributed by atoms with Crippen molar-refractivity contribution in [2.45, 2.75) is 32.9 Å². The van der Waals surface area contributed by atoms with Crippen molar-refractivity contribution >= 4 is 24.0 Å². The predicted molar refractivity (Wildman–Crippen MR) is 71.2 cm³/mol. The predicted octanol–water partition coefficient (Wildman–Crippen LogP) is 3.09. The number of aliphatic hydroxyl groups excluding tert-OH is 1. The molecule has 1 aromatic rings. The molecule has 0 fully saturated rings. The van der Waals surface area contributed by atoms with Gasteiger partial charge in [0.2, 0.25) is 0 Å². The van der Waals surface area contributed by atoms with Crippen LogP contribution in [0.5, 0.6) is 0 Å². The third kappa shape index (κ3) is 3.36. The van der Waals surface area contributed by atoms with E-state index in [1.54, 1.807) is 6.07 Å². The molecule has 0 saturated heterocycles. The molecule has 0 aliphatic rings. The fraction of sp³-hybridized carbons (Fsp3) is 0.500. The van der Waals surface area contributed by atoms with Gasteiger partial charge in [0.25, 0.3) is 0 Å². The molecular formula is C12H19Cl2NO. The van der Waals surface area contributed by atoms with Gasteiger partial charge in [-0.3, -0.25) is 0 Å². The lowest BCUT2D eigenvalue weighted by Gasteiger charge is -2.24. The van der Waals surface area contributed by atoms with Crippen molar-refractivity contribution in [2.75, 3.05) is 0 Å². The van der Waals surface area contributed by atoms with E-state index >= 15 is 0 Å². The highest BCUT2D eigenvalue weighted by Crippen LogP contribution is 2.28. The number of nitrogens with two attached hydrogens (primary N) is 1. The van der Waals surface area contributed by atoms with Gasteiger partial charge in [0.05, 0.1) is 12.1 Å². The first kappa shape index (κ1) is 15.7. The number of aryl methyl sites for hydroxylation is 1. The van der Waals surface area contributed by atoms with Crippen molar-refractivity contribution in [3.8, 4) is 0 Å². The Morgan fingerprint density at radius 3 is 2.31 bits per heavy atom. The molecule has 3 N–H and O–H groups in total. The van der Waals surface area contributed by atoms with Gasteiger partial charge in [-0.25, -0.2) is 0 Å². The highest BCUT2D eigenvalue weighted by molar-refractivity contribution is 6.31. The lowest BCUT2D eigenvalue weighted by molar-refractivity contribution is 0.0977. The minimum absolute atomic E-state index is 0. The molecule has 4 heteroatoms. The Labute approximate surface area is 108 Å². The maximum absolute atomic E-state index is 9.91. The fourth-order valence-electron chi connectivity index (χ4n) is 1.65. The number of halogens is 2. The van der Waals surface area contributed by atoms with E-state index in [2.05, 4.69) is 0 Å². The second-order valence-electron chi connectivity index (χ2n) is 4.23. The number of rotatable bonds is 3. The average molecular weight is 264 g/mol. The molecule has 0 heterocycles. The molecular weight excluding hydrogens is 245 g/mol. The Hall–Kier alpha value is -0.280. The summed E-state index contributed by atoms with van der Waals surface area (Å²) in [6.07, 6.45) is -0.566. The molecule has 0 radical (unpaired) electrons. The highest BCUT2D eigenvalue weighted by Gasteiger charge is 2.23. The Balaban J connectivity index is 0.00000225. The van der Waals surface area contributed by atoms with Crippen LogP contribution >= 0.6 is 24.0 Å². The van der Waals surface area contributed by atoms with Crippen molar-refractivity contribution in [1.29, 1.82) is 0 Å². The molecule has 0 saturated carbocycles. The Morgan fingerprint density at radius 2 is 1.88 bits per heavy atom. The first-order valence-corrected chi connectivity index (χ1v) is 5.51. The zero-order valence-corrected chi connectivity index (χ0v) is 11.3. The van der Waals surface area contributed by atoms with Crippen LogP contribution in [-0.2, 0) is 0 Å². The zero-order valence-electron chi connectivity index (χ0n) is 9.77. The Bertz CT molecular complexity index is 322. The van der Waals surface area contributed by atoms with Crippen LogP contribution in [0.1, 0.15) is 31.0 Å². The van der Waals surface area contributed by atoms with Gasteiger partial charge in [0.15, 0.2) is 0 Å². The first-order chi connectivity index (χ1) is 6.95. The minimum Gasteiger partial charge on any atom is -0.391 e. The van der Waals surface area contributed by atoms with E-state index in [1.807, 2.05) is 32.9 Å². The molecule has 92 valence electrons. The highest BCUT2D eigenvalue weighted by atomic mass is 35.5. The van der Waals surface area contributed by atoms with Crippen LogP contribution in [0.2, 0.25) is 5.02 Å².